The summed E-state index contributed by atoms with van der Waals surface area (Å²) < 4.78 is 28.3. The lowest BCUT2D eigenvalue weighted by Gasteiger charge is -2.40. The molecule has 6 atom stereocenters. The molecule has 1 rings (SSSR count). The Bertz CT molecular complexity index is 1720. The van der Waals surface area contributed by atoms with Gasteiger partial charge in [-0.2, -0.15) is 0 Å². The second-order valence-electron chi connectivity index (χ2n) is 19.2. The lowest BCUT2D eigenvalue weighted by molar-refractivity contribution is -0.301. The molecule has 0 aliphatic carbocycles. The van der Waals surface area contributed by atoms with E-state index in [-0.39, 0.29) is 25.9 Å². The van der Waals surface area contributed by atoms with Gasteiger partial charge in [-0.25, -0.2) is 4.79 Å². The molecule has 0 saturated carbocycles. The van der Waals surface area contributed by atoms with E-state index in [4.69, 9.17) is 23.7 Å². The van der Waals surface area contributed by atoms with E-state index >= 15 is 0 Å². The van der Waals surface area contributed by atoms with Gasteiger partial charge in [0, 0.05) is 19.3 Å². The van der Waals surface area contributed by atoms with Gasteiger partial charge in [-0.05, 0) is 122 Å². The van der Waals surface area contributed by atoms with Gasteiger partial charge in [0.05, 0.1) is 6.61 Å². The summed E-state index contributed by atoms with van der Waals surface area (Å²) in [5.41, 5.74) is 0. The van der Waals surface area contributed by atoms with Crippen LogP contribution >= 0.6 is 0 Å². The average molecular weight is 1050 g/mol. The molecule has 1 fully saturated rings. The number of esters is 3. The number of hydrogen-bond donors (Lipinski definition) is 3. The second kappa shape index (κ2) is 50.2. The molecule has 0 radical (unpaired) electrons. The molecule has 0 spiro atoms. The third-order valence-corrected chi connectivity index (χ3v) is 12.3. The monoisotopic (exact) mass is 1050 g/mol. The molecule has 424 valence electrons. The van der Waals surface area contributed by atoms with Crippen molar-refractivity contribution in [1.82, 2.24) is 0 Å². The van der Waals surface area contributed by atoms with Crippen LogP contribution in [0.25, 0.3) is 0 Å². The van der Waals surface area contributed by atoms with E-state index in [9.17, 15) is 34.5 Å². The Kier molecular flexibility index (Phi) is 45.8. The number of hydrogen-bond acceptors (Lipinski definition) is 11. The summed E-state index contributed by atoms with van der Waals surface area (Å²) in [4.78, 5) is 51.0. The molecule has 1 aliphatic rings. The molecule has 12 nitrogen and oxygen atoms in total. The van der Waals surface area contributed by atoms with E-state index in [1.807, 2.05) is 0 Å². The van der Waals surface area contributed by atoms with Gasteiger partial charge in [-0.3, -0.25) is 14.4 Å². The first kappa shape index (κ1) is 68.4. The van der Waals surface area contributed by atoms with Crippen molar-refractivity contribution in [1.29, 1.82) is 0 Å². The van der Waals surface area contributed by atoms with Crippen LogP contribution in [0.2, 0.25) is 0 Å². The van der Waals surface area contributed by atoms with Crippen molar-refractivity contribution in [2.45, 2.75) is 250 Å². The molecular formula is C63H100O12. The summed E-state index contributed by atoms with van der Waals surface area (Å²) in [6, 6.07) is 0. The maximum absolute atomic E-state index is 13.1. The number of aliphatic carboxylic acids is 1. The fraction of sp³-hybridized carbons (Fsp3) is 0.651. The zero-order valence-corrected chi connectivity index (χ0v) is 46.5. The van der Waals surface area contributed by atoms with Crippen molar-refractivity contribution in [3.8, 4) is 0 Å². The molecular weight excluding hydrogens is 949 g/mol. The standard InChI is InChI=1S/C63H100O12/c1-4-7-10-13-16-19-22-25-26-27-28-29-30-33-36-39-42-45-48-51-57(66)74-61-59(68)58(67)60(62(69)70)75-63(61)72-53-54(73-56(65)50-47-44-41-38-35-32-24-21-18-15-12-9-6-3)52-71-55(64)49-46-43-40-37-34-31-23-20-17-14-11-8-5-2/h7-8,10-11,16-17,19-21,24-26,28-29,31,33-34,36,54,58-61,63,67-68H,4-6,9,12-15,18,22-23,27,30,32,35,37-53H2,1-3H3,(H,69,70)/b10-7-,11-8-,19-16-,20-17-,24-21-,26-25-,29-28-,34-31-,36-33-. The highest BCUT2D eigenvalue weighted by molar-refractivity contribution is 5.74. The van der Waals surface area contributed by atoms with Gasteiger partial charge in [0.15, 0.2) is 24.6 Å². The number of ether oxygens (including phenoxy) is 5. The van der Waals surface area contributed by atoms with Crippen molar-refractivity contribution in [2.75, 3.05) is 13.2 Å². The smallest absolute Gasteiger partial charge is 0.335 e. The molecule has 3 N–H and O–H groups in total. The molecule has 1 saturated heterocycles. The number of carboxylic acids is 1. The zero-order chi connectivity index (χ0) is 54.7. The van der Waals surface area contributed by atoms with Gasteiger partial charge in [0.2, 0.25) is 0 Å². The first-order valence-corrected chi connectivity index (χ1v) is 28.9. The van der Waals surface area contributed by atoms with Crippen LogP contribution in [0.1, 0.15) is 213 Å². The van der Waals surface area contributed by atoms with Gasteiger partial charge in [-0.1, -0.05) is 182 Å². The summed E-state index contributed by atoms with van der Waals surface area (Å²) in [5, 5.41) is 31.5. The maximum Gasteiger partial charge on any atom is 0.335 e. The quantitative estimate of drug-likeness (QED) is 0.0228. The first-order chi connectivity index (χ1) is 36.6. The maximum atomic E-state index is 13.1. The fourth-order valence-electron chi connectivity index (χ4n) is 7.93. The van der Waals surface area contributed by atoms with Crippen molar-refractivity contribution in [3.63, 3.8) is 0 Å². The van der Waals surface area contributed by atoms with E-state index < -0.39 is 67.3 Å². The summed E-state index contributed by atoms with van der Waals surface area (Å²) >= 11 is 0. The number of carbonyl (C=O) groups excluding carboxylic acids is 3. The number of carboxylic acid groups (broad SMARTS) is 1. The number of allylic oxidation sites excluding steroid dienone is 18. The van der Waals surface area contributed by atoms with Crippen molar-refractivity contribution >= 4 is 23.9 Å². The van der Waals surface area contributed by atoms with Crippen molar-refractivity contribution in [3.05, 3.63) is 109 Å². The summed E-state index contributed by atoms with van der Waals surface area (Å²) in [5.74, 6) is -3.23. The van der Waals surface area contributed by atoms with Crippen molar-refractivity contribution < 1.29 is 58.2 Å². The second-order valence-corrected chi connectivity index (χ2v) is 19.2. The number of unbranched alkanes of at least 4 members (excludes halogenated alkanes) is 15. The zero-order valence-electron chi connectivity index (χ0n) is 46.5. The molecule has 0 bridgehead atoms. The lowest BCUT2D eigenvalue weighted by Crippen LogP contribution is -2.61. The Hall–Kier alpha value is -4.62. The molecule has 0 aromatic carbocycles. The lowest BCUT2D eigenvalue weighted by atomic mass is 9.98. The highest BCUT2D eigenvalue weighted by Crippen LogP contribution is 2.26. The van der Waals surface area contributed by atoms with Crippen LogP contribution in [-0.4, -0.2) is 89.2 Å². The molecule has 0 aromatic heterocycles. The summed E-state index contributed by atoms with van der Waals surface area (Å²) in [6.45, 7) is 5.68. The number of rotatable bonds is 47. The average Bonchev–Trinajstić information content (AvgIpc) is 3.39. The Labute approximate surface area is 453 Å². The Morgan fingerprint density at radius 1 is 0.453 bits per heavy atom. The molecule has 75 heavy (non-hydrogen) atoms. The SMILES string of the molecule is CC/C=C\C/C=C\C/C=C\C/C=C\C/C=C\CCCCCC(=O)OC1C(OCC(COC(=O)CCCCC/C=C\C/C=C\C/C=C\CC)OC(=O)CCCCCCC/C=C\CCCCCC)OC(C(=O)O)C(O)C1O. The van der Waals surface area contributed by atoms with Gasteiger partial charge < -0.3 is 39.0 Å². The fourth-order valence-corrected chi connectivity index (χ4v) is 7.93. The van der Waals surface area contributed by atoms with Gasteiger partial charge in [0.25, 0.3) is 0 Å². The van der Waals surface area contributed by atoms with Gasteiger partial charge in [0.1, 0.15) is 18.8 Å². The third kappa shape index (κ3) is 40.3. The molecule has 6 unspecified atom stereocenters. The topological polar surface area (TPSA) is 175 Å². The largest absolute Gasteiger partial charge is 0.479 e. The van der Waals surface area contributed by atoms with Crippen LogP contribution in [-0.2, 0) is 42.9 Å². The highest BCUT2D eigenvalue weighted by atomic mass is 16.7. The van der Waals surface area contributed by atoms with E-state index in [0.29, 0.717) is 19.3 Å². The molecule has 12 heteroatoms. The predicted molar refractivity (Wildman–Crippen MR) is 303 cm³/mol. The van der Waals surface area contributed by atoms with E-state index in [0.717, 1.165) is 128 Å². The minimum Gasteiger partial charge on any atom is -0.479 e. The summed E-state index contributed by atoms with van der Waals surface area (Å²) in [7, 11) is 0. The third-order valence-electron chi connectivity index (χ3n) is 12.3. The van der Waals surface area contributed by atoms with E-state index in [2.05, 4.69) is 130 Å². The predicted octanol–water partition coefficient (Wildman–Crippen LogP) is 14.7. The molecule has 0 amide bonds. The van der Waals surface area contributed by atoms with Gasteiger partial charge in [-0.15, -0.1) is 0 Å². The Morgan fingerprint density at radius 2 is 0.840 bits per heavy atom. The number of aliphatic hydroxyl groups is 2. The van der Waals surface area contributed by atoms with Crippen LogP contribution in [0, 0.1) is 0 Å². The van der Waals surface area contributed by atoms with Gasteiger partial charge >= 0.3 is 23.9 Å². The van der Waals surface area contributed by atoms with E-state index in [1.165, 1.54) is 25.7 Å². The minimum absolute atomic E-state index is 0.0121. The van der Waals surface area contributed by atoms with Crippen LogP contribution in [0.5, 0.6) is 0 Å². The van der Waals surface area contributed by atoms with Crippen molar-refractivity contribution in [2.24, 2.45) is 0 Å². The van der Waals surface area contributed by atoms with Crippen LogP contribution < -0.4 is 0 Å². The normalized spacial score (nSPS) is 19.0. The van der Waals surface area contributed by atoms with E-state index in [1.54, 1.807) is 0 Å². The first-order valence-electron chi connectivity index (χ1n) is 28.9. The van der Waals surface area contributed by atoms with Crippen LogP contribution in [0.4, 0.5) is 0 Å². The number of aliphatic hydroxyl groups excluding tert-OH is 2. The minimum atomic E-state index is -1.92. The molecule has 0 aromatic rings. The Balaban J connectivity index is 2.74. The highest BCUT2D eigenvalue weighted by Gasteiger charge is 2.50. The molecule has 1 aliphatic heterocycles. The van der Waals surface area contributed by atoms with Crippen LogP contribution in [0.3, 0.4) is 0 Å². The van der Waals surface area contributed by atoms with Crippen LogP contribution in [0.15, 0.2) is 109 Å². The Morgan fingerprint density at radius 3 is 1.31 bits per heavy atom. The molecule has 1 heterocycles. The summed E-state index contributed by atoms with van der Waals surface area (Å²) in [6.07, 6.45) is 54.9. The number of carbonyl (C=O) groups is 4.